The predicted octanol–water partition coefficient (Wildman–Crippen LogP) is 4.30. The van der Waals surface area contributed by atoms with Crippen molar-refractivity contribution in [3.05, 3.63) is 59.2 Å². The zero-order valence-electron chi connectivity index (χ0n) is 9.58. The molecule has 0 aliphatic carbocycles. The maximum atomic E-state index is 13.6. The van der Waals surface area contributed by atoms with E-state index in [1.165, 1.54) is 12.1 Å². The van der Waals surface area contributed by atoms with Crippen LogP contribution in [0, 0.1) is 29.9 Å². The lowest BCUT2D eigenvalue weighted by atomic mass is 10.1. The highest BCUT2D eigenvalue weighted by Crippen LogP contribution is 2.34. The van der Waals surface area contributed by atoms with Gasteiger partial charge < -0.3 is 0 Å². The van der Waals surface area contributed by atoms with Gasteiger partial charge in [0.05, 0.1) is 5.56 Å². The molecular weight excluding hydrogens is 252 g/mol. The van der Waals surface area contributed by atoms with Gasteiger partial charge in [0, 0.05) is 15.9 Å². The summed E-state index contributed by atoms with van der Waals surface area (Å²) < 4.78 is 26.4. The van der Waals surface area contributed by atoms with Crippen LogP contribution >= 0.6 is 11.8 Å². The molecule has 0 saturated carbocycles. The first-order valence-corrected chi connectivity index (χ1v) is 6.06. The SMILES string of the molecule is Cc1cccc(C#N)c1Sc1ccc(F)cc1F. The third-order valence-electron chi connectivity index (χ3n) is 2.44. The van der Waals surface area contributed by atoms with Gasteiger partial charge in [0.1, 0.15) is 17.7 Å². The molecule has 0 N–H and O–H groups in total. The van der Waals surface area contributed by atoms with Crippen LogP contribution in [0.5, 0.6) is 0 Å². The van der Waals surface area contributed by atoms with E-state index in [1.54, 1.807) is 12.1 Å². The summed E-state index contributed by atoms with van der Waals surface area (Å²) in [6.45, 7) is 1.85. The molecule has 0 amide bonds. The van der Waals surface area contributed by atoms with E-state index in [9.17, 15) is 8.78 Å². The van der Waals surface area contributed by atoms with Crippen LogP contribution in [0.1, 0.15) is 11.1 Å². The Morgan fingerprint density at radius 3 is 2.61 bits per heavy atom. The van der Waals surface area contributed by atoms with Crippen LogP contribution < -0.4 is 0 Å². The lowest BCUT2D eigenvalue weighted by Gasteiger charge is -2.08. The summed E-state index contributed by atoms with van der Waals surface area (Å²) in [7, 11) is 0. The number of hydrogen-bond acceptors (Lipinski definition) is 2. The van der Waals surface area contributed by atoms with Crippen molar-refractivity contribution < 1.29 is 8.78 Å². The summed E-state index contributed by atoms with van der Waals surface area (Å²) in [6.07, 6.45) is 0. The Bertz CT molecular complexity index is 632. The molecule has 0 fully saturated rings. The molecule has 2 aromatic rings. The lowest BCUT2D eigenvalue weighted by Crippen LogP contribution is -1.88. The standard InChI is InChI=1S/C14H9F2NS/c1-9-3-2-4-10(8-17)14(9)18-13-6-5-11(15)7-12(13)16/h2-7H,1H3. The van der Waals surface area contributed by atoms with Gasteiger partial charge in [0.15, 0.2) is 0 Å². The van der Waals surface area contributed by atoms with E-state index in [0.717, 1.165) is 23.4 Å². The molecule has 0 heterocycles. The fourth-order valence-corrected chi connectivity index (χ4v) is 2.51. The molecule has 2 aromatic carbocycles. The molecule has 4 heteroatoms. The Morgan fingerprint density at radius 1 is 1.17 bits per heavy atom. The molecule has 0 saturated heterocycles. The Morgan fingerprint density at radius 2 is 1.94 bits per heavy atom. The van der Waals surface area contributed by atoms with Crippen LogP contribution in [0.4, 0.5) is 8.78 Å². The van der Waals surface area contributed by atoms with Crippen LogP contribution in [-0.2, 0) is 0 Å². The van der Waals surface area contributed by atoms with Gasteiger partial charge in [-0.15, -0.1) is 0 Å². The van der Waals surface area contributed by atoms with Crippen molar-refractivity contribution in [1.82, 2.24) is 0 Å². The van der Waals surface area contributed by atoms with Crippen LogP contribution in [0.2, 0.25) is 0 Å². The number of benzene rings is 2. The van der Waals surface area contributed by atoms with E-state index < -0.39 is 11.6 Å². The second kappa shape index (κ2) is 5.19. The van der Waals surface area contributed by atoms with Crippen LogP contribution in [0.15, 0.2) is 46.2 Å². The second-order valence-electron chi connectivity index (χ2n) is 3.74. The van der Waals surface area contributed by atoms with Gasteiger partial charge in [-0.1, -0.05) is 23.9 Å². The molecule has 0 aliphatic rings. The number of nitriles is 1. The second-order valence-corrected chi connectivity index (χ2v) is 4.79. The predicted molar refractivity (Wildman–Crippen MR) is 66.4 cm³/mol. The molecule has 18 heavy (non-hydrogen) atoms. The van der Waals surface area contributed by atoms with E-state index in [4.69, 9.17) is 5.26 Å². The topological polar surface area (TPSA) is 23.8 Å². The zero-order chi connectivity index (χ0) is 13.1. The molecule has 90 valence electrons. The fourth-order valence-electron chi connectivity index (χ4n) is 1.54. The monoisotopic (exact) mass is 261 g/mol. The number of aryl methyl sites for hydroxylation is 1. The van der Waals surface area contributed by atoms with Crippen molar-refractivity contribution >= 4 is 11.8 Å². The normalized spacial score (nSPS) is 10.1. The Labute approximate surface area is 108 Å². The van der Waals surface area contributed by atoms with Crippen LogP contribution in [0.3, 0.4) is 0 Å². The molecule has 0 radical (unpaired) electrons. The highest BCUT2D eigenvalue weighted by Gasteiger charge is 2.11. The van der Waals surface area contributed by atoms with Crippen molar-refractivity contribution in [3.63, 3.8) is 0 Å². The number of nitrogens with zero attached hydrogens (tertiary/aromatic N) is 1. The highest BCUT2D eigenvalue weighted by atomic mass is 32.2. The number of hydrogen-bond donors (Lipinski definition) is 0. The first-order valence-electron chi connectivity index (χ1n) is 5.24. The van der Waals surface area contributed by atoms with Gasteiger partial charge in [-0.2, -0.15) is 5.26 Å². The maximum Gasteiger partial charge on any atom is 0.140 e. The van der Waals surface area contributed by atoms with Crippen molar-refractivity contribution in [2.24, 2.45) is 0 Å². The minimum Gasteiger partial charge on any atom is -0.207 e. The van der Waals surface area contributed by atoms with Gasteiger partial charge in [0.25, 0.3) is 0 Å². The minimum absolute atomic E-state index is 0.308. The van der Waals surface area contributed by atoms with Crippen LogP contribution in [-0.4, -0.2) is 0 Å². The fraction of sp³-hybridized carbons (Fsp3) is 0.0714. The third-order valence-corrected chi connectivity index (χ3v) is 3.74. The zero-order valence-corrected chi connectivity index (χ0v) is 10.4. The van der Waals surface area contributed by atoms with Gasteiger partial charge in [-0.25, -0.2) is 8.78 Å². The van der Waals surface area contributed by atoms with Crippen molar-refractivity contribution in [3.8, 4) is 6.07 Å². The molecule has 2 rings (SSSR count). The molecule has 0 spiro atoms. The smallest absolute Gasteiger partial charge is 0.140 e. The summed E-state index contributed by atoms with van der Waals surface area (Å²) in [5, 5.41) is 9.02. The van der Waals surface area contributed by atoms with E-state index >= 15 is 0 Å². The molecule has 0 atom stereocenters. The van der Waals surface area contributed by atoms with Crippen molar-refractivity contribution in [2.75, 3.05) is 0 Å². The lowest BCUT2D eigenvalue weighted by molar-refractivity contribution is 0.565. The van der Waals surface area contributed by atoms with Crippen molar-refractivity contribution in [1.29, 1.82) is 5.26 Å². The third kappa shape index (κ3) is 2.52. The minimum atomic E-state index is -0.618. The average Bonchev–Trinajstić information content (AvgIpc) is 2.34. The molecule has 0 unspecified atom stereocenters. The summed E-state index contributed by atoms with van der Waals surface area (Å²) in [5.74, 6) is -1.23. The molecule has 0 aliphatic heterocycles. The largest absolute Gasteiger partial charge is 0.207 e. The van der Waals surface area contributed by atoms with E-state index in [2.05, 4.69) is 6.07 Å². The molecule has 0 aromatic heterocycles. The van der Waals surface area contributed by atoms with E-state index in [1.807, 2.05) is 13.0 Å². The highest BCUT2D eigenvalue weighted by molar-refractivity contribution is 7.99. The first-order chi connectivity index (χ1) is 8.61. The molecule has 1 nitrogen and oxygen atoms in total. The Balaban J connectivity index is 2.43. The Kier molecular flexibility index (Phi) is 3.63. The van der Waals surface area contributed by atoms with E-state index in [0.29, 0.717) is 15.4 Å². The summed E-state index contributed by atoms with van der Waals surface area (Å²) in [6, 6.07) is 10.8. The van der Waals surface area contributed by atoms with Gasteiger partial charge in [0.2, 0.25) is 0 Å². The van der Waals surface area contributed by atoms with Gasteiger partial charge in [-0.3, -0.25) is 0 Å². The molecule has 0 bridgehead atoms. The first kappa shape index (κ1) is 12.6. The Hall–Kier alpha value is -1.86. The van der Waals surface area contributed by atoms with E-state index in [-0.39, 0.29) is 0 Å². The molecular formula is C14H9F2NS. The summed E-state index contributed by atoms with van der Waals surface area (Å²) >= 11 is 1.14. The summed E-state index contributed by atoms with van der Waals surface area (Å²) in [4.78, 5) is 1.01. The maximum absolute atomic E-state index is 13.6. The number of rotatable bonds is 2. The van der Waals surface area contributed by atoms with Crippen LogP contribution in [0.25, 0.3) is 0 Å². The van der Waals surface area contributed by atoms with Crippen molar-refractivity contribution in [2.45, 2.75) is 16.7 Å². The van der Waals surface area contributed by atoms with Gasteiger partial charge >= 0.3 is 0 Å². The van der Waals surface area contributed by atoms with Gasteiger partial charge in [-0.05, 0) is 30.7 Å². The average molecular weight is 261 g/mol. The number of halogens is 2. The quantitative estimate of drug-likeness (QED) is 0.805. The summed E-state index contributed by atoms with van der Waals surface area (Å²) in [5.41, 5.74) is 1.38.